The predicted octanol–water partition coefficient (Wildman–Crippen LogP) is 4.69. The molecule has 0 aliphatic carbocycles. The van der Waals surface area contributed by atoms with E-state index in [-0.39, 0.29) is 18.3 Å². The number of carbonyl (C=O) groups excluding carboxylic acids is 1. The van der Waals surface area contributed by atoms with Crippen molar-refractivity contribution in [2.24, 2.45) is 0 Å². The molecule has 0 spiro atoms. The van der Waals surface area contributed by atoms with Gasteiger partial charge in [-0.25, -0.2) is 18.4 Å². The molecule has 2 aromatic carbocycles. The molecule has 1 N–H and O–H groups in total. The van der Waals surface area contributed by atoms with Crippen LogP contribution in [0.1, 0.15) is 26.0 Å². The Balaban J connectivity index is 0.00000405. The Morgan fingerprint density at radius 1 is 1.02 bits per heavy atom. The first-order valence-corrected chi connectivity index (χ1v) is 14.9. The summed E-state index contributed by atoms with van der Waals surface area (Å²) in [5.41, 5.74) is 1.72. The van der Waals surface area contributed by atoms with Crippen molar-refractivity contribution in [2.45, 2.75) is 36.9 Å². The van der Waals surface area contributed by atoms with E-state index in [0.29, 0.717) is 43.6 Å². The van der Waals surface area contributed by atoms with Crippen molar-refractivity contribution >= 4 is 44.7 Å². The van der Waals surface area contributed by atoms with Gasteiger partial charge in [-0.2, -0.15) is 13.2 Å². The largest absolute Gasteiger partial charge is 0.433 e. The number of aryl methyl sites for hydroxylation is 1. The average molecular weight is 611 g/mol. The van der Waals surface area contributed by atoms with Gasteiger partial charge < -0.3 is 14.7 Å². The highest BCUT2D eigenvalue weighted by Crippen LogP contribution is 2.32. The molecule has 41 heavy (non-hydrogen) atoms. The van der Waals surface area contributed by atoms with Crippen LogP contribution in [0.2, 0.25) is 5.02 Å². The van der Waals surface area contributed by atoms with Crippen molar-refractivity contribution in [2.75, 3.05) is 47.2 Å². The van der Waals surface area contributed by atoms with Crippen LogP contribution in [0.4, 0.5) is 30.4 Å². The summed E-state index contributed by atoms with van der Waals surface area (Å²) in [5.74, 6) is -0.429. The number of piperazine rings is 1. The van der Waals surface area contributed by atoms with Gasteiger partial charge in [-0.15, -0.1) is 0 Å². The van der Waals surface area contributed by atoms with Crippen LogP contribution in [0.5, 0.6) is 0 Å². The number of hydrogen-bond acceptors (Lipinski definition) is 7. The second-order valence-electron chi connectivity index (χ2n) is 9.94. The first kappa shape index (κ1) is 28.9. The lowest BCUT2D eigenvalue weighted by Gasteiger charge is -2.41. The highest BCUT2D eigenvalue weighted by molar-refractivity contribution is 7.92. The van der Waals surface area contributed by atoms with Crippen molar-refractivity contribution in [3.05, 3.63) is 71.1 Å². The van der Waals surface area contributed by atoms with Gasteiger partial charge in [0.05, 0.1) is 4.90 Å². The first-order valence-electron chi connectivity index (χ1n) is 13.0. The maximum Gasteiger partial charge on any atom is 0.433 e. The van der Waals surface area contributed by atoms with Crippen LogP contribution < -0.4 is 14.5 Å². The lowest BCUT2D eigenvalue weighted by molar-refractivity contribution is -0.141. The summed E-state index contributed by atoms with van der Waals surface area (Å²) in [4.78, 5) is 26.0. The van der Waals surface area contributed by atoms with Crippen LogP contribution in [0, 0.1) is 0 Å². The van der Waals surface area contributed by atoms with E-state index in [1.165, 1.54) is 12.1 Å². The molecule has 5 rings (SSSR count). The van der Waals surface area contributed by atoms with Crippen molar-refractivity contribution in [1.29, 1.82) is 0 Å². The van der Waals surface area contributed by atoms with Crippen LogP contribution in [0.3, 0.4) is 0 Å². The molecular formula is C27H30ClF3N6O3S. The lowest BCUT2D eigenvalue weighted by Crippen LogP contribution is -2.55. The number of amides is 1. The fourth-order valence-corrected chi connectivity index (χ4v) is 6.37. The Labute approximate surface area is 242 Å². The maximum atomic E-state index is 13.4. The number of nitrogens with one attached hydrogen (secondary N) is 1. The summed E-state index contributed by atoms with van der Waals surface area (Å²) in [5, 5.41) is 0.688. The number of carbonyl (C=O) groups is 1. The fraction of sp³-hybridized carbons (Fsp3) is 0.370. The second-order valence-corrected chi connectivity index (χ2v) is 12.1. The minimum absolute atomic E-state index is 0. The molecule has 14 heteroatoms. The SMILES string of the molecule is C[C@@H](C(=O)N1CCN(c2ccc(S(=O)(=O)Nc3cc(C(F)(F)F)ncn3)cc2)CC1)N1CCCc2cc(Cl)ccc21.[HH]. The van der Waals surface area contributed by atoms with Crippen LogP contribution in [0.25, 0.3) is 0 Å². The van der Waals surface area contributed by atoms with Gasteiger partial charge in [0.2, 0.25) is 5.91 Å². The Morgan fingerprint density at radius 2 is 1.73 bits per heavy atom. The number of sulfonamides is 1. The molecule has 2 aliphatic heterocycles. The molecule has 1 amide bonds. The highest BCUT2D eigenvalue weighted by atomic mass is 35.5. The van der Waals surface area contributed by atoms with E-state index < -0.39 is 27.7 Å². The molecule has 0 bridgehead atoms. The number of anilines is 3. The third-order valence-electron chi connectivity index (χ3n) is 7.32. The van der Waals surface area contributed by atoms with Gasteiger partial charge in [-0.05, 0) is 67.8 Å². The Bertz CT molecular complexity index is 1540. The van der Waals surface area contributed by atoms with Crippen molar-refractivity contribution in [3.63, 3.8) is 0 Å². The number of halogens is 4. The summed E-state index contributed by atoms with van der Waals surface area (Å²) in [6.07, 6.45) is -2.20. The summed E-state index contributed by atoms with van der Waals surface area (Å²) in [7, 11) is -4.18. The van der Waals surface area contributed by atoms with Crippen LogP contribution >= 0.6 is 11.6 Å². The van der Waals surface area contributed by atoms with Crippen molar-refractivity contribution < 1.29 is 27.8 Å². The summed E-state index contributed by atoms with van der Waals surface area (Å²) < 4.78 is 66.2. The molecule has 3 aromatic rings. The fourth-order valence-electron chi connectivity index (χ4n) is 5.18. The quantitative estimate of drug-likeness (QED) is 0.433. The molecule has 1 fully saturated rings. The van der Waals surface area contributed by atoms with E-state index in [1.807, 2.05) is 30.0 Å². The molecule has 1 aromatic heterocycles. The number of nitrogens with zero attached hydrogens (tertiary/aromatic N) is 5. The van der Waals surface area contributed by atoms with E-state index in [0.717, 1.165) is 36.3 Å². The first-order chi connectivity index (χ1) is 19.4. The van der Waals surface area contributed by atoms with E-state index in [9.17, 15) is 26.4 Å². The molecule has 0 saturated carbocycles. The van der Waals surface area contributed by atoms with E-state index >= 15 is 0 Å². The lowest BCUT2D eigenvalue weighted by atomic mass is 10.00. The molecule has 9 nitrogen and oxygen atoms in total. The van der Waals surface area contributed by atoms with Gasteiger partial charge in [-0.3, -0.25) is 9.52 Å². The number of alkyl halides is 3. The van der Waals surface area contributed by atoms with Gasteiger partial charge >= 0.3 is 6.18 Å². The monoisotopic (exact) mass is 610 g/mol. The van der Waals surface area contributed by atoms with Crippen LogP contribution in [-0.4, -0.2) is 68.0 Å². The smallest absolute Gasteiger partial charge is 0.368 e. The highest BCUT2D eigenvalue weighted by Gasteiger charge is 2.34. The molecule has 3 heterocycles. The van der Waals surface area contributed by atoms with Gasteiger partial charge in [0.25, 0.3) is 10.0 Å². The minimum Gasteiger partial charge on any atom is -0.368 e. The number of fused-ring (bicyclic) bond motifs is 1. The standard InChI is InChI=1S/C27H28ClF3N6O3S.H2/c1-18(37-10-2-3-19-15-20(28)4-9-23(19)37)26(38)36-13-11-35(12-14-36)21-5-7-22(8-6-21)41(39,40)34-25-16-24(27(29,30)31)32-17-33-25;/h4-9,15-18H,2-3,10-14H2,1H3,(H,32,33,34);1H/t18-;/m0./s1. The Hall–Kier alpha value is -3.58. The van der Waals surface area contributed by atoms with Crippen molar-refractivity contribution in [3.8, 4) is 0 Å². The van der Waals surface area contributed by atoms with Crippen LogP contribution in [-0.2, 0) is 27.4 Å². The summed E-state index contributed by atoms with van der Waals surface area (Å²) in [6.45, 7) is 4.89. The maximum absolute atomic E-state index is 13.4. The third-order valence-corrected chi connectivity index (χ3v) is 8.93. The molecule has 2 aliphatic rings. The third kappa shape index (κ3) is 6.35. The molecule has 0 radical (unpaired) electrons. The zero-order valence-electron chi connectivity index (χ0n) is 22.1. The number of rotatable bonds is 6. The van der Waals surface area contributed by atoms with Gasteiger partial charge in [0.1, 0.15) is 23.9 Å². The van der Waals surface area contributed by atoms with Gasteiger partial charge in [0.15, 0.2) is 0 Å². The molecule has 220 valence electrons. The van der Waals surface area contributed by atoms with Crippen molar-refractivity contribution in [1.82, 2.24) is 14.9 Å². The Kier molecular flexibility index (Phi) is 8.02. The molecule has 0 unspecified atom stereocenters. The molecule has 1 saturated heterocycles. The van der Waals surface area contributed by atoms with E-state index in [1.54, 1.807) is 12.1 Å². The van der Waals surface area contributed by atoms with E-state index in [4.69, 9.17) is 11.6 Å². The second kappa shape index (κ2) is 11.4. The molecular weight excluding hydrogens is 581 g/mol. The summed E-state index contributed by atoms with van der Waals surface area (Å²) in [6, 6.07) is 12.0. The van der Waals surface area contributed by atoms with E-state index in [2.05, 4.69) is 24.5 Å². The normalized spacial score (nSPS) is 16.8. The van der Waals surface area contributed by atoms with Gasteiger partial charge in [0, 0.05) is 56.6 Å². The number of aromatic nitrogens is 2. The number of hydrogen-bond donors (Lipinski definition) is 1. The minimum atomic E-state index is -4.73. The topological polar surface area (TPSA) is 98.7 Å². The zero-order chi connectivity index (χ0) is 29.4. The number of benzene rings is 2. The molecule has 1 atom stereocenters. The van der Waals surface area contributed by atoms with Gasteiger partial charge in [-0.1, -0.05) is 11.6 Å². The predicted molar refractivity (Wildman–Crippen MR) is 152 cm³/mol. The Morgan fingerprint density at radius 3 is 2.41 bits per heavy atom. The average Bonchev–Trinajstić information content (AvgIpc) is 2.95. The zero-order valence-corrected chi connectivity index (χ0v) is 23.7. The summed E-state index contributed by atoms with van der Waals surface area (Å²) >= 11 is 6.16. The van der Waals surface area contributed by atoms with Crippen LogP contribution in [0.15, 0.2) is 59.8 Å².